The number of halogens is 1. The van der Waals surface area contributed by atoms with Crippen molar-refractivity contribution in [2.45, 2.75) is 50.4 Å². The van der Waals surface area contributed by atoms with E-state index in [4.69, 9.17) is 16.3 Å². The number of ether oxygens (including phenoxy) is 1. The maximum absolute atomic E-state index is 13.8. The van der Waals surface area contributed by atoms with Crippen LogP contribution in [0.1, 0.15) is 52.0 Å². The molecular formula is C26H28ClN3O4. The van der Waals surface area contributed by atoms with Crippen LogP contribution in [0.3, 0.4) is 0 Å². The molecule has 3 aliphatic rings. The van der Waals surface area contributed by atoms with E-state index in [1.54, 1.807) is 40.1 Å². The summed E-state index contributed by atoms with van der Waals surface area (Å²) in [5, 5.41) is 3.54. The molecule has 1 N–H and O–H groups in total. The normalized spacial score (nSPS) is 21.5. The second-order valence-electron chi connectivity index (χ2n) is 9.35. The highest BCUT2D eigenvalue weighted by Crippen LogP contribution is 2.39. The molecule has 1 atom stereocenters. The SMILES string of the molecule is Cc1ccccc1C(=O)N1[C@H](C(=O)NC2CC2)COC12CCN(C(=O)c1cccc(Cl)c1)CC2. The zero-order chi connectivity index (χ0) is 23.9. The zero-order valence-corrected chi connectivity index (χ0v) is 19.9. The molecule has 7 nitrogen and oxygen atoms in total. The minimum atomic E-state index is -0.921. The van der Waals surface area contributed by atoms with Crippen LogP contribution >= 0.6 is 11.6 Å². The Morgan fingerprint density at radius 1 is 1.03 bits per heavy atom. The summed E-state index contributed by atoms with van der Waals surface area (Å²) in [6, 6.07) is 13.8. The van der Waals surface area contributed by atoms with Crippen molar-refractivity contribution in [1.82, 2.24) is 15.1 Å². The first-order valence-electron chi connectivity index (χ1n) is 11.8. The molecular weight excluding hydrogens is 454 g/mol. The molecule has 2 aliphatic heterocycles. The van der Waals surface area contributed by atoms with Gasteiger partial charge in [-0.2, -0.15) is 0 Å². The van der Waals surface area contributed by atoms with Crippen molar-refractivity contribution in [3.8, 4) is 0 Å². The number of carbonyl (C=O) groups excluding carboxylic acids is 3. The van der Waals surface area contributed by atoms with Gasteiger partial charge in [0, 0.05) is 48.1 Å². The first-order chi connectivity index (χ1) is 16.4. The van der Waals surface area contributed by atoms with Crippen molar-refractivity contribution in [2.75, 3.05) is 19.7 Å². The zero-order valence-electron chi connectivity index (χ0n) is 19.1. The van der Waals surface area contributed by atoms with Gasteiger partial charge in [-0.3, -0.25) is 19.3 Å². The lowest BCUT2D eigenvalue weighted by Gasteiger charge is -2.44. The Morgan fingerprint density at radius 3 is 2.44 bits per heavy atom. The van der Waals surface area contributed by atoms with E-state index < -0.39 is 11.8 Å². The van der Waals surface area contributed by atoms with Crippen LogP contribution in [0.4, 0.5) is 0 Å². The van der Waals surface area contributed by atoms with E-state index in [1.807, 2.05) is 25.1 Å². The number of carbonyl (C=O) groups is 3. The Bertz CT molecular complexity index is 1120. The Labute approximate surface area is 204 Å². The third kappa shape index (κ3) is 4.30. The van der Waals surface area contributed by atoms with Crippen molar-refractivity contribution in [3.63, 3.8) is 0 Å². The van der Waals surface area contributed by atoms with Crippen molar-refractivity contribution in [3.05, 3.63) is 70.2 Å². The molecule has 3 fully saturated rings. The van der Waals surface area contributed by atoms with Gasteiger partial charge in [0.1, 0.15) is 11.8 Å². The molecule has 3 amide bonds. The third-order valence-electron chi connectivity index (χ3n) is 6.98. The molecule has 178 valence electrons. The highest BCUT2D eigenvalue weighted by Gasteiger charge is 2.54. The fraction of sp³-hybridized carbons (Fsp3) is 0.423. The van der Waals surface area contributed by atoms with Crippen LogP contribution in [0.5, 0.6) is 0 Å². The molecule has 8 heteroatoms. The van der Waals surface area contributed by atoms with Crippen LogP contribution in [-0.4, -0.2) is 65.0 Å². The fourth-order valence-corrected chi connectivity index (χ4v) is 5.09. The van der Waals surface area contributed by atoms with E-state index in [1.165, 1.54) is 0 Å². The summed E-state index contributed by atoms with van der Waals surface area (Å²) in [7, 11) is 0. The van der Waals surface area contributed by atoms with Crippen LogP contribution in [0.15, 0.2) is 48.5 Å². The van der Waals surface area contributed by atoms with E-state index in [-0.39, 0.29) is 30.4 Å². The molecule has 0 aromatic heterocycles. The summed E-state index contributed by atoms with van der Waals surface area (Å²) in [6.07, 6.45) is 2.81. The quantitative estimate of drug-likeness (QED) is 0.726. The van der Waals surface area contributed by atoms with E-state index in [2.05, 4.69) is 5.32 Å². The number of piperidine rings is 1. The molecule has 2 heterocycles. The number of nitrogens with one attached hydrogen (secondary N) is 1. The maximum atomic E-state index is 13.8. The molecule has 0 radical (unpaired) electrons. The highest BCUT2D eigenvalue weighted by molar-refractivity contribution is 6.30. The van der Waals surface area contributed by atoms with Crippen molar-refractivity contribution in [2.24, 2.45) is 0 Å². The monoisotopic (exact) mass is 481 g/mol. The van der Waals surface area contributed by atoms with Crippen LogP contribution in [0.25, 0.3) is 0 Å². The number of nitrogens with zero attached hydrogens (tertiary/aromatic N) is 2. The van der Waals surface area contributed by atoms with Gasteiger partial charge in [0.25, 0.3) is 11.8 Å². The molecule has 2 aromatic rings. The minimum Gasteiger partial charge on any atom is -0.353 e. The largest absolute Gasteiger partial charge is 0.353 e. The van der Waals surface area contributed by atoms with Crippen LogP contribution in [-0.2, 0) is 9.53 Å². The average molecular weight is 482 g/mol. The van der Waals surface area contributed by atoms with Gasteiger partial charge in [-0.15, -0.1) is 0 Å². The summed E-state index contributed by atoms with van der Waals surface area (Å²) in [5.41, 5.74) is 1.03. The molecule has 0 bridgehead atoms. The molecule has 2 aromatic carbocycles. The van der Waals surface area contributed by atoms with Crippen LogP contribution < -0.4 is 5.32 Å². The van der Waals surface area contributed by atoms with Gasteiger partial charge in [0.15, 0.2) is 0 Å². The molecule has 0 unspecified atom stereocenters. The maximum Gasteiger partial charge on any atom is 0.257 e. The second-order valence-corrected chi connectivity index (χ2v) is 9.78. The molecule has 1 aliphatic carbocycles. The molecule has 2 saturated heterocycles. The summed E-state index contributed by atoms with van der Waals surface area (Å²) >= 11 is 6.06. The van der Waals surface area contributed by atoms with Gasteiger partial charge >= 0.3 is 0 Å². The van der Waals surface area contributed by atoms with E-state index >= 15 is 0 Å². The molecule has 34 heavy (non-hydrogen) atoms. The predicted octanol–water partition coefficient (Wildman–Crippen LogP) is 3.40. The molecule has 5 rings (SSSR count). The topological polar surface area (TPSA) is 79.0 Å². The predicted molar refractivity (Wildman–Crippen MR) is 128 cm³/mol. The van der Waals surface area contributed by atoms with Gasteiger partial charge < -0.3 is 15.0 Å². The Hall–Kier alpha value is -2.90. The van der Waals surface area contributed by atoms with E-state index in [0.29, 0.717) is 42.1 Å². The van der Waals surface area contributed by atoms with Crippen LogP contribution in [0.2, 0.25) is 5.02 Å². The summed E-state index contributed by atoms with van der Waals surface area (Å²) in [6.45, 7) is 2.88. The van der Waals surface area contributed by atoms with Crippen molar-refractivity contribution >= 4 is 29.3 Å². The van der Waals surface area contributed by atoms with Gasteiger partial charge in [0.05, 0.1) is 6.61 Å². The van der Waals surface area contributed by atoms with Crippen molar-refractivity contribution < 1.29 is 19.1 Å². The Balaban J connectivity index is 1.39. The fourth-order valence-electron chi connectivity index (χ4n) is 4.90. The van der Waals surface area contributed by atoms with Gasteiger partial charge in [-0.1, -0.05) is 35.9 Å². The van der Waals surface area contributed by atoms with Gasteiger partial charge in [-0.25, -0.2) is 0 Å². The minimum absolute atomic E-state index is 0.102. The van der Waals surface area contributed by atoms with Gasteiger partial charge in [0.2, 0.25) is 5.91 Å². The molecule has 1 spiro atoms. The Kier molecular flexibility index (Phi) is 6.08. The molecule has 1 saturated carbocycles. The average Bonchev–Trinajstić information content (AvgIpc) is 3.58. The third-order valence-corrected chi connectivity index (χ3v) is 7.22. The van der Waals surface area contributed by atoms with Crippen molar-refractivity contribution in [1.29, 1.82) is 0 Å². The highest BCUT2D eigenvalue weighted by atomic mass is 35.5. The Morgan fingerprint density at radius 2 is 1.76 bits per heavy atom. The number of benzene rings is 2. The summed E-state index contributed by atoms with van der Waals surface area (Å²) in [5.74, 6) is -0.477. The lowest BCUT2D eigenvalue weighted by Crippen LogP contribution is -2.60. The summed E-state index contributed by atoms with van der Waals surface area (Å²) in [4.78, 5) is 43.3. The number of aryl methyl sites for hydroxylation is 1. The number of rotatable bonds is 4. The smallest absolute Gasteiger partial charge is 0.257 e. The second kappa shape index (κ2) is 9.04. The van der Waals surface area contributed by atoms with E-state index in [9.17, 15) is 14.4 Å². The standard InChI is InChI=1S/C26H28ClN3O4/c1-17-5-2-3-8-21(17)25(33)30-22(23(31)28-20-9-10-20)16-34-26(30)11-13-29(14-12-26)24(32)18-6-4-7-19(27)15-18/h2-8,15,20,22H,9-14,16H2,1H3,(H,28,31)/t22-/m0/s1. The summed E-state index contributed by atoms with van der Waals surface area (Å²) < 4.78 is 6.25. The first kappa shape index (κ1) is 22.9. The van der Waals surface area contributed by atoms with E-state index in [0.717, 1.165) is 18.4 Å². The number of likely N-dealkylation sites (tertiary alicyclic amines) is 1. The number of hydrogen-bond donors (Lipinski definition) is 1. The lowest BCUT2D eigenvalue weighted by atomic mass is 9.95. The van der Waals surface area contributed by atoms with Crippen LogP contribution in [0, 0.1) is 6.92 Å². The van der Waals surface area contributed by atoms with Gasteiger partial charge in [-0.05, 0) is 49.6 Å². The first-order valence-corrected chi connectivity index (χ1v) is 12.1. The number of hydrogen-bond acceptors (Lipinski definition) is 4. The number of amides is 3. The lowest BCUT2D eigenvalue weighted by molar-refractivity contribution is -0.128.